The molecule has 1 aliphatic rings. The van der Waals surface area contributed by atoms with Gasteiger partial charge in [-0.2, -0.15) is 0 Å². The van der Waals surface area contributed by atoms with Gasteiger partial charge in [0.2, 0.25) is 0 Å². The van der Waals surface area contributed by atoms with Gasteiger partial charge in [0.25, 0.3) is 0 Å². The highest BCUT2D eigenvalue weighted by atomic mass is 19.1. The van der Waals surface area contributed by atoms with Crippen molar-refractivity contribution in [3.05, 3.63) is 29.1 Å². The minimum absolute atomic E-state index is 0.116. The van der Waals surface area contributed by atoms with Crippen molar-refractivity contribution in [1.29, 1.82) is 0 Å². The summed E-state index contributed by atoms with van der Waals surface area (Å²) in [5.74, 6) is -0.0465. The van der Waals surface area contributed by atoms with E-state index in [1.807, 2.05) is 0 Å². The summed E-state index contributed by atoms with van der Waals surface area (Å²) in [7, 11) is 0. The van der Waals surface area contributed by atoms with Crippen LogP contribution in [0.3, 0.4) is 0 Å². The lowest BCUT2D eigenvalue weighted by Gasteiger charge is -2.13. The highest BCUT2D eigenvalue weighted by molar-refractivity contribution is 5.39. The van der Waals surface area contributed by atoms with Crippen molar-refractivity contribution in [2.75, 3.05) is 6.54 Å². The first-order chi connectivity index (χ1) is 6.68. The predicted molar refractivity (Wildman–Crippen MR) is 52.8 cm³/mol. The van der Waals surface area contributed by atoms with Crippen molar-refractivity contribution in [2.45, 2.75) is 25.8 Å². The SMILES string of the molecule is Cc1cc(O)c([C@@H]2CCCN2)cc1F. The first-order valence-corrected chi connectivity index (χ1v) is 4.91. The average molecular weight is 195 g/mol. The van der Waals surface area contributed by atoms with Gasteiger partial charge in [0.15, 0.2) is 0 Å². The maximum atomic E-state index is 13.3. The molecule has 2 nitrogen and oxygen atoms in total. The van der Waals surface area contributed by atoms with Gasteiger partial charge in [-0.25, -0.2) is 4.39 Å². The topological polar surface area (TPSA) is 32.3 Å². The number of hydrogen-bond acceptors (Lipinski definition) is 2. The molecule has 14 heavy (non-hydrogen) atoms. The van der Waals surface area contributed by atoms with Crippen LogP contribution in [0.5, 0.6) is 5.75 Å². The fourth-order valence-electron chi connectivity index (χ4n) is 1.91. The summed E-state index contributed by atoms with van der Waals surface area (Å²) in [5.41, 5.74) is 1.18. The largest absolute Gasteiger partial charge is 0.508 e. The first-order valence-electron chi connectivity index (χ1n) is 4.91. The van der Waals surface area contributed by atoms with Crippen LogP contribution in [0, 0.1) is 12.7 Å². The van der Waals surface area contributed by atoms with Gasteiger partial charge in [-0.15, -0.1) is 0 Å². The highest BCUT2D eigenvalue weighted by Gasteiger charge is 2.20. The number of phenols is 1. The van der Waals surface area contributed by atoms with Crippen LogP contribution in [-0.2, 0) is 0 Å². The molecule has 1 aromatic carbocycles. The molecule has 1 heterocycles. The Hall–Kier alpha value is -1.09. The van der Waals surface area contributed by atoms with Crippen LogP contribution in [-0.4, -0.2) is 11.7 Å². The summed E-state index contributed by atoms with van der Waals surface area (Å²) in [5, 5.41) is 12.9. The van der Waals surface area contributed by atoms with Crippen molar-refractivity contribution >= 4 is 0 Å². The zero-order chi connectivity index (χ0) is 10.1. The van der Waals surface area contributed by atoms with Crippen LogP contribution in [0.15, 0.2) is 12.1 Å². The van der Waals surface area contributed by atoms with Gasteiger partial charge < -0.3 is 10.4 Å². The van der Waals surface area contributed by atoms with Crippen molar-refractivity contribution in [3.63, 3.8) is 0 Å². The van der Waals surface area contributed by atoms with E-state index in [-0.39, 0.29) is 17.6 Å². The van der Waals surface area contributed by atoms with E-state index in [2.05, 4.69) is 5.32 Å². The van der Waals surface area contributed by atoms with Crippen LogP contribution < -0.4 is 5.32 Å². The molecular weight excluding hydrogens is 181 g/mol. The average Bonchev–Trinajstić information content (AvgIpc) is 2.64. The van der Waals surface area contributed by atoms with Crippen molar-refractivity contribution in [3.8, 4) is 5.75 Å². The Bertz CT molecular complexity index is 345. The molecule has 1 aromatic rings. The molecule has 76 valence electrons. The monoisotopic (exact) mass is 195 g/mol. The van der Waals surface area contributed by atoms with Gasteiger partial charge in [0.1, 0.15) is 11.6 Å². The van der Waals surface area contributed by atoms with E-state index in [1.54, 1.807) is 6.92 Å². The van der Waals surface area contributed by atoms with Crippen LogP contribution in [0.4, 0.5) is 4.39 Å². The molecule has 0 saturated carbocycles. The third kappa shape index (κ3) is 1.60. The molecule has 2 N–H and O–H groups in total. The molecule has 2 rings (SSSR count). The Morgan fingerprint density at radius 3 is 2.93 bits per heavy atom. The molecule has 0 amide bonds. The van der Waals surface area contributed by atoms with Crippen LogP contribution >= 0.6 is 0 Å². The molecular formula is C11H14FNO. The normalized spacial score (nSPS) is 21.4. The molecule has 0 radical (unpaired) electrons. The first kappa shape index (κ1) is 9.46. The van der Waals surface area contributed by atoms with Crippen molar-refractivity contribution < 1.29 is 9.50 Å². The molecule has 0 aliphatic carbocycles. The Kier molecular flexibility index (Phi) is 2.42. The van der Waals surface area contributed by atoms with Gasteiger partial charge in [-0.1, -0.05) is 0 Å². The second-order valence-corrected chi connectivity index (χ2v) is 3.81. The van der Waals surface area contributed by atoms with Gasteiger partial charge in [0.05, 0.1) is 0 Å². The standard InChI is InChI=1S/C11H14FNO/c1-7-5-11(14)8(6-9(7)12)10-3-2-4-13-10/h5-6,10,13-14H,2-4H2,1H3/t10-/m0/s1. The second kappa shape index (κ2) is 3.58. The number of nitrogens with one attached hydrogen (secondary N) is 1. The zero-order valence-corrected chi connectivity index (χ0v) is 8.18. The molecule has 1 atom stereocenters. The Morgan fingerprint density at radius 2 is 2.29 bits per heavy atom. The van der Waals surface area contributed by atoms with E-state index >= 15 is 0 Å². The number of phenolic OH excluding ortho intramolecular Hbond substituents is 1. The minimum atomic E-state index is -0.244. The summed E-state index contributed by atoms with van der Waals surface area (Å²) in [6.45, 7) is 2.60. The van der Waals surface area contributed by atoms with Crippen LogP contribution in [0.25, 0.3) is 0 Å². The number of aromatic hydroxyl groups is 1. The van der Waals surface area contributed by atoms with E-state index in [4.69, 9.17) is 0 Å². The van der Waals surface area contributed by atoms with Crippen LogP contribution in [0.1, 0.15) is 30.0 Å². The Morgan fingerprint density at radius 1 is 1.50 bits per heavy atom. The zero-order valence-electron chi connectivity index (χ0n) is 8.18. The molecule has 1 saturated heterocycles. The van der Waals surface area contributed by atoms with E-state index in [9.17, 15) is 9.50 Å². The predicted octanol–water partition coefficient (Wildman–Crippen LogP) is 2.26. The number of benzene rings is 1. The quantitative estimate of drug-likeness (QED) is 0.720. The van der Waals surface area contributed by atoms with Gasteiger partial charge >= 0.3 is 0 Å². The molecule has 3 heteroatoms. The third-order valence-corrected chi connectivity index (χ3v) is 2.74. The molecule has 0 unspecified atom stereocenters. The summed E-state index contributed by atoms with van der Waals surface area (Å²) in [6, 6.07) is 3.04. The lowest BCUT2D eigenvalue weighted by molar-refractivity contribution is 0.452. The maximum absolute atomic E-state index is 13.3. The smallest absolute Gasteiger partial charge is 0.126 e. The van der Waals surface area contributed by atoms with Crippen molar-refractivity contribution in [1.82, 2.24) is 5.32 Å². The lowest BCUT2D eigenvalue weighted by Crippen LogP contribution is -2.13. The van der Waals surface area contributed by atoms with E-state index in [1.165, 1.54) is 12.1 Å². The molecule has 1 aliphatic heterocycles. The lowest BCUT2D eigenvalue weighted by atomic mass is 10.0. The molecule has 0 bridgehead atoms. The van der Waals surface area contributed by atoms with Gasteiger partial charge in [0, 0.05) is 11.6 Å². The second-order valence-electron chi connectivity index (χ2n) is 3.81. The van der Waals surface area contributed by atoms with Crippen LogP contribution in [0.2, 0.25) is 0 Å². The van der Waals surface area contributed by atoms with Gasteiger partial charge in [-0.3, -0.25) is 0 Å². The molecule has 1 fully saturated rings. The Labute approximate surface area is 82.8 Å². The summed E-state index contributed by atoms with van der Waals surface area (Å²) in [4.78, 5) is 0. The summed E-state index contributed by atoms with van der Waals surface area (Å²) >= 11 is 0. The summed E-state index contributed by atoms with van der Waals surface area (Å²) < 4.78 is 13.3. The number of hydrogen-bond donors (Lipinski definition) is 2. The van der Waals surface area contributed by atoms with E-state index in [0.29, 0.717) is 11.1 Å². The van der Waals surface area contributed by atoms with E-state index < -0.39 is 0 Å². The summed E-state index contributed by atoms with van der Waals surface area (Å²) in [6.07, 6.45) is 2.05. The number of halogens is 1. The fraction of sp³-hybridized carbons (Fsp3) is 0.455. The van der Waals surface area contributed by atoms with Crippen molar-refractivity contribution in [2.24, 2.45) is 0 Å². The van der Waals surface area contributed by atoms with Gasteiger partial charge in [-0.05, 0) is 44.0 Å². The molecule has 0 aromatic heterocycles. The Balaban J connectivity index is 2.37. The maximum Gasteiger partial charge on any atom is 0.126 e. The third-order valence-electron chi connectivity index (χ3n) is 2.74. The number of aryl methyl sites for hydroxylation is 1. The number of rotatable bonds is 1. The molecule has 0 spiro atoms. The fourth-order valence-corrected chi connectivity index (χ4v) is 1.91. The highest BCUT2D eigenvalue weighted by Crippen LogP contribution is 2.31. The van der Waals surface area contributed by atoms with E-state index in [0.717, 1.165) is 19.4 Å². The minimum Gasteiger partial charge on any atom is -0.508 e.